The van der Waals surface area contributed by atoms with Crippen molar-refractivity contribution in [3.8, 4) is 0 Å². The van der Waals surface area contributed by atoms with Crippen molar-refractivity contribution in [3.63, 3.8) is 0 Å². The van der Waals surface area contributed by atoms with Crippen LogP contribution in [-0.4, -0.2) is 19.6 Å². The number of aryl methyl sites for hydroxylation is 1. The lowest BCUT2D eigenvalue weighted by molar-refractivity contribution is 0.795. The van der Waals surface area contributed by atoms with Crippen molar-refractivity contribution in [2.24, 2.45) is 4.99 Å². The Morgan fingerprint density at radius 2 is 2.10 bits per heavy atom. The van der Waals surface area contributed by atoms with Crippen LogP contribution in [0.3, 0.4) is 0 Å². The number of rotatable bonds is 5. The molecule has 0 bridgehead atoms. The Labute approximate surface area is 124 Å². The van der Waals surface area contributed by atoms with Gasteiger partial charge in [-0.25, -0.2) is 0 Å². The minimum Gasteiger partial charge on any atom is -0.356 e. The van der Waals surface area contributed by atoms with E-state index < -0.39 is 0 Å². The van der Waals surface area contributed by atoms with Gasteiger partial charge in [0.1, 0.15) is 0 Å². The number of nitrogens with one attached hydrogen (secondary N) is 2. The third-order valence-corrected chi connectivity index (χ3v) is 3.78. The number of hydrogen-bond acceptors (Lipinski definition) is 2. The van der Waals surface area contributed by atoms with E-state index in [1.54, 1.807) is 18.4 Å². The van der Waals surface area contributed by atoms with Gasteiger partial charge >= 0.3 is 0 Å². The molecule has 1 aromatic heterocycles. The van der Waals surface area contributed by atoms with Gasteiger partial charge in [0, 0.05) is 20.1 Å². The van der Waals surface area contributed by atoms with Gasteiger partial charge < -0.3 is 10.6 Å². The molecule has 0 aliphatic carbocycles. The number of guanidine groups is 1. The van der Waals surface area contributed by atoms with Gasteiger partial charge in [-0.3, -0.25) is 4.99 Å². The average Bonchev–Trinajstić information content (AvgIpc) is 2.96. The molecular weight excluding hydrogens is 266 g/mol. The summed E-state index contributed by atoms with van der Waals surface area (Å²) < 4.78 is 0. The molecule has 2 N–H and O–H groups in total. The van der Waals surface area contributed by atoms with E-state index >= 15 is 0 Å². The lowest BCUT2D eigenvalue weighted by Gasteiger charge is -2.11. The van der Waals surface area contributed by atoms with Crippen LogP contribution in [0.1, 0.15) is 16.7 Å². The summed E-state index contributed by atoms with van der Waals surface area (Å²) in [4.78, 5) is 4.23. The van der Waals surface area contributed by atoms with Crippen molar-refractivity contribution in [1.82, 2.24) is 10.6 Å². The summed E-state index contributed by atoms with van der Waals surface area (Å²) in [5.74, 6) is 0.851. The first-order valence-corrected chi connectivity index (χ1v) is 7.73. The Kier molecular flexibility index (Phi) is 5.62. The molecule has 0 saturated heterocycles. The van der Waals surface area contributed by atoms with Gasteiger partial charge in [0.15, 0.2) is 5.96 Å². The van der Waals surface area contributed by atoms with Crippen molar-refractivity contribution in [1.29, 1.82) is 0 Å². The van der Waals surface area contributed by atoms with Crippen molar-refractivity contribution in [3.05, 3.63) is 57.8 Å². The summed E-state index contributed by atoms with van der Waals surface area (Å²) in [6.45, 7) is 3.82. The van der Waals surface area contributed by atoms with Crippen LogP contribution in [0.2, 0.25) is 0 Å². The normalized spacial score (nSPS) is 11.4. The zero-order valence-corrected chi connectivity index (χ0v) is 12.8. The van der Waals surface area contributed by atoms with Crippen LogP contribution in [0, 0.1) is 6.92 Å². The van der Waals surface area contributed by atoms with E-state index in [9.17, 15) is 0 Å². The summed E-state index contributed by atoms with van der Waals surface area (Å²) in [5.41, 5.74) is 3.95. The lowest BCUT2D eigenvalue weighted by Crippen LogP contribution is -2.37. The molecule has 1 heterocycles. The Hall–Kier alpha value is -1.81. The van der Waals surface area contributed by atoms with Crippen molar-refractivity contribution >= 4 is 17.3 Å². The molecule has 106 valence electrons. The maximum absolute atomic E-state index is 4.23. The highest BCUT2D eigenvalue weighted by Crippen LogP contribution is 2.05. The van der Waals surface area contributed by atoms with Gasteiger partial charge in [0.25, 0.3) is 0 Å². The standard InChI is InChI=1S/C16H21N3S/c1-13-4-3-5-14(10-13)6-8-18-16(17-2)19-11-15-7-9-20-12-15/h3-5,7,9-10,12H,6,8,11H2,1-2H3,(H2,17,18,19). The van der Waals surface area contributed by atoms with Crippen LogP contribution >= 0.6 is 11.3 Å². The van der Waals surface area contributed by atoms with E-state index in [1.807, 2.05) is 0 Å². The van der Waals surface area contributed by atoms with Crippen molar-refractivity contribution in [2.75, 3.05) is 13.6 Å². The maximum atomic E-state index is 4.23. The summed E-state index contributed by atoms with van der Waals surface area (Å²) in [6, 6.07) is 10.7. The van der Waals surface area contributed by atoms with Crippen LogP contribution in [0.5, 0.6) is 0 Å². The van der Waals surface area contributed by atoms with E-state index in [4.69, 9.17) is 0 Å². The number of benzene rings is 1. The first-order chi connectivity index (χ1) is 9.78. The van der Waals surface area contributed by atoms with Crippen LogP contribution < -0.4 is 10.6 Å². The average molecular weight is 287 g/mol. The van der Waals surface area contributed by atoms with Gasteiger partial charge in [-0.2, -0.15) is 11.3 Å². The maximum Gasteiger partial charge on any atom is 0.191 e. The van der Waals surface area contributed by atoms with E-state index in [0.717, 1.165) is 25.5 Å². The molecule has 0 aliphatic rings. The highest BCUT2D eigenvalue weighted by Gasteiger charge is 1.99. The third-order valence-electron chi connectivity index (χ3n) is 3.05. The summed E-state index contributed by atoms with van der Waals surface area (Å²) in [5, 5.41) is 10.9. The van der Waals surface area contributed by atoms with Crippen LogP contribution in [0.25, 0.3) is 0 Å². The molecule has 0 aliphatic heterocycles. The van der Waals surface area contributed by atoms with Crippen LogP contribution in [0.4, 0.5) is 0 Å². The second kappa shape index (κ2) is 7.70. The Morgan fingerprint density at radius 3 is 2.80 bits per heavy atom. The zero-order chi connectivity index (χ0) is 14.2. The van der Waals surface area contributed by atoms with Crippen LogP contribution in [-0.2, 0) is 13.0 Å². The van der Waals surface area contributed by atoms with Crippen molar-refractivity contribution < 1.29 is 0 Å². The molecule has 1 aromatic carbocycles. The minimum absolute atomic E-state index is 0.813. The smallest absolute Gasteiger partial charge is 0.191 e. The molecule has 4 heteroatoms. The molecule has 3 nitrogen and oxygen atoms in total. The summed E-state index contributed by atoms with van der Waals surface area (Å²) in [7, 11) is 1.80. The third kappa shape index (κ3) is 4.70. The molecule has 0 unspecified atom stereocenters. The molecule has 20 heavy (non-hydrogen) atoms. The van der Waals surface area contributed by atoms with E-state index in [2.05, 4.69) is 63.6 Å². The number of aliphatic imine (C=N–C) groups is 1. The molecule has 2 rings (SSSR count). The highest BCUT2D eigenvalue weighted by molar-refractivity contribution is 7.07. The van der Waals surface area contributed by atoms with Gasteiger partial charge in [-0.05, 0) is 41.3 Å². The van der Waals surface area contributed by atoms with Gasteiger partial charge in [0.05, 0.1) is 0 Å². The molecule has 2 aromatic rings. The topological polar surface area (TPSA) is 36.4 Å². The predicted molar refractivity (Wildman–Crippen MR) is 87.4 cm³/mol. The molecule has 0 radical (unpaired) electrons. The summed E-state index contributed by atoms with van der Waals surface area (Å²) in [6.07, 6.45) is 1.00. The molecule has 0 saturated carbocycles. The molecule has 0 amide bonds. The van der Waals surface area contributed by atoms with Gasteiger partial charge in [-0.1, -0.05) is 29.8 Å². The zero-order valence-electron chi connectivity index (χ0n) is 12.0. The quantitative estimate of drug-likeness (QED) is 0.655. The van der Waals surface area contributed by atoms with Crippen molar-refractivity contribution in [2.45, 2.75) is 19.9 Å². The molecule has 0 atom stereocenters. The van der Waals surface area contributed by atoms with Crippen LogP contribution in [0.15, 0.2) is 46.1 Å². The van der Waals surface area contributed by atoms with Gasteiger partial charge in [-0.15, -0.1) is 0 Å². The number of hydrogen-bond donors (Lipinski definition) is 2. The Bertz CT molecular complexity index is 547. The second-order valence-corrected chi connectivity index (χ2v) is 5.50. The Morgan fingerprint density at radius 1 is 1.20 bits per heavy atom. The monoisotopic (exact) mass is 287 g/mol. The fraction of sp³-hybridized carbons (Fsp3) is 0.312. The van der Waals surface area contributed by atoms with E-state index in [1.165, 1.54) is 16.7 Å². The number of thiophene rings is 1. The summed E-state index contributed by atoms with van der Waals surface area (Å²) >= 11 is 1.72. The first-order valence-electron chi connectivity index (χ1n) is 6.79. The van der Waals surface area contributed by atoms with Gasteiger partial charge in [0.2, 0.25) is 0 Å². The molecule has 0 fully saturated rings. The minimum atomic E-state index is 0.813. The lowest BCUT2D eigenvalue weighted by atomic mass is 10.1. The molecular formula is C16H21N3S. The largest absolute Gasteiger partial charge is 0.356 e. The number of nitrogens with zero attached hydrogens (tertiary/aromatic N) is 1. The first kappa shape index (κ1) is 14.6. The second-order valence-electron chi connectivity index (χ2n) is 4.72. The SMILES string of the molecule is CN=C(NCCc1cccc(C)c1)NCc1ccsc1. The van der Waals surface area contributed by atoms with E-state index in [0.29, 0.717) is 0 Å². The highest BCUT2D eigenvalue weighted by atomic mass is 32.1. The fourth-order valence-corrected chi connectivity index (χ4v) is 2.66. The molecule has 0 spiro atoms. The fourth-order valence-electron chi connectivity index (χ4n) is 1.99. The predicted octanol–water partition coefficient (Wildman–Crippen LogP) is 2.96. The van der Waals surface area contributed by atoms with E-state index in [-0.39, 0.29) is 0 Å². The Balaban J connectivity index is 1.74.